The van der Waals surface area contributed by atoms with E-state index in [1.165, 1.54) is 4.90 Å². The van der Waals surface area contributed by atoms with Crippen molar-refractivity contribution >= 4 is 11.9 Å². The molecule has 0 atom stereocenters. The van der Waals surface area contributed by atoms with Gasteiger partial charge in [-0.2, -0.15) is 5.26 Å². The van der Waals surface area contributed by atoms with Crippen LogP contribution in [0, 0.1) is 25.2 Å². The predicted molar refractivity (Wildman–Crippen MR) is 105 cm³/mol. The van der Waals surface area contributed by atoms with E-state index in [0.29, 0.717) is 6.54 Å². The number of carbonyl (C=O) groups is 2. The third-order valence-electron chi connectivity index (χ3n) is 4.64. The SMILES string of the molecule is Cc1ccccc1CN(C)C(=O)COC(=O)c1c(C)oc(-n2cccc2)c1C#N. The van der Waals surface area contributed by atoms with Crippen LogP contribution in [0.5, 0.6) is 0 Å². The number of hydrogen-bond acceptors (Lipinski definition) is 5. The fraction of sp³-hybridized carbons (Fsp3) is 0.227. The number of rotatable bonds is 6. The quantitative estimate of drug-likeness (QED) is 0.601. The molecule has 2 heterocycles. The van der Waals surface area contributed by atoms with Crippen LogP contribution in [0.2, 0.25) is 0 Å². The summed E-state index contributed by atoms with van der Waals surface area (Å²) in [7, 11) is 1.65. The number of benzene rings is 1. The fourth-order valence-electron chi connectivity index (χ4n) is 2.97. The molecule has 0 radical (unpaired) electrons. The molecule has 2 aromatic heterocycles. The fourth-order valence-corrected chi connectivity index (χ4v) is 2.97. The van der Waals surface area contributed by atoms with Crippen molar-refractivity contribution in [2.24, 2.45) is 0 Å². The van der Waals surface area contributed by atoms with Crippen LogP contribution < -0.4 is 0 Å². The van der Waals surface area contributed by atoms with E-state index in [1.54, 1.807) is 43.1 Å². The lowest BCUT2D eigenvalue weighted by molar-refractivity contribution is -0.133. The van der Waals surface area contributed by atoms with Gasteiger partial charge in [0.1, 0.15) is 23.0 Å². The highest BCUT2D eigenvalue weighted by Crippen LogP contribution is 2.26. The zero-order valence-electron chi connectivity index (χ0n) is 16.5. The molecular weight excluding hydrogens is 370 g/mol. The highest BCUT2D eigenvalue weighted by atomic mass is 16.5. The molecule has 0 fully saturated rings. The summed E-state index contributed by atoms with van der Waals surface area (Å²) in [6.07, 6.45) is 3.41. The lowest BCUT2D eigenvalue weighted by Gasteiger charge is -2.18. The minimum atomic E-state index is -0.765. The summed E-state index contributed by atoms with van der Waals surface area (Å²) >= 11 is 0. The van der Waals surface area contributed by atoms with Gasteiger partial charge in [0.05, 0.1) is 0 Å². The average molecular weight is 391 g/mol. The van der Waals surface area contributed by atoms with E-state index in [2.05, 4.69) is 0 Å². The first-order valence-electron chi connectivity index (χ1n) is 9.04. The second kappa shape index (κ2) is 8.48. The molecule has 0 N–H and O–H groups in total. The van der Waals surface area contributed by atoms with Gasteiger partial charge in [-0.25, -0.2) is 4.79 Å². The Bertz CT molecular complexity index is 1070. The van der Waals surface area contributed by atoms with Crippen molar-refractivity contribution in [1.29, 1.82) is 5.26 Å². The van der Waals surface area contributed by atoms with Gasteiger partial charge in [-0.1, -0.05) is 24.3 Å². The number of likely N-dealkylation sites (N-methyl/N-ethyl adjacent to an activating group) is 1. The van der Waals surface area contributed by atoms with E-state index >= 15 is 0 Å². The summed E-state index contributed by atoms with van der Waals surface area (Å²) in [6.45, 7) is 3.54. The number of aromatic nitrogens is 1. The Labute approximate surface area is 168 Å². The number of carbonyl (C=O) groups excluding carboxylic acids is 2. The summed E-state index contributed by atoms with van der Waals surface area (Å²) in [5, 5.41) is 9.51. The van der Waals surface area contributed by atoms with Crippen LogP contribution in [0.3, 0.4) is 0 Å². The van der Waals surface area contributed by atoms with Gasteiger partial charge in [0.25, 0.3) is 5.91 Å². The van der Waals surface area contributed by atoms with Gasteiger partial charge < -0.3 is 14.1 Å². The number of nitriles is 1. The van der Waals surface area contributed by atoms with Crippen molar-refractivity contribution < 1.29 is 18.7 Å². The van der Waals surface area contributed by atoms with Crippen LogP contribution >= 0.6 is 0 Å². The first kappa shape index (κ1) is 20.0. The highest BCUT2D eigenvalue weighted by Gasteiger charge is 2.26. The van der Waals surface area contributed by atoms with Gasteiger partial charge in [0.2, 0.25) is 5.88 Å². The molecule has 0 spiro atoms. The van der Waals surface area contributed by atoms with Gasteiger partial charge in [0.15, 0.2) is 6.61 Å². The van der Waals surface area contributed by atoms with Crippen LogP contribution in [0.1, 0.15) is 32.8 Å². The molecule has 0 saturated heterocycles. The second-order valence-corrected chi connectivity index (χ2v) is 6.67. The molecule has 0 unspecified atom stereocenters. The van der Waals surface area contributed by atoms with Gasteiger partial charge in [-0.05, 0) is 37.1 Å². The lowest BCUT2D eigenvalue weighted by atomic mass is 10.1. The topological polar surface area (TPSA) is 88.5 Å². The number of nitrogens with zero attached hydrogens (tertiary/aromatic N) is 3. The van der Waals surface area contributed by atoms with Crippen LogP contribution in [0.15, 0.2) is 53.2 Å². The van der Waals surface area contributed by atoms with E-state index in [9.17, 15) is 14.9 Å². The van der Waals surface area contributed by atoms with Crippen LogP contribution in [0.25, 0.3) is 5.88 Å². The Kier molecular flexibility index (Phi) is 5.84. The van der Waals surface area contributed by atoms with Gasteiger partial charge in [-0.15, -0.1) is 0 Å². The number of aryl methyl sites for hydroxylation is 2. The Morgan fingerprint density at radius 2 is 1.86 bits per heavy atom. The molecular formula is C22H21N3O4. The van der Waals surface area contributed by atoms with E-state index < -0.39 is 12.6 Å². The van der Waals surface area contributed by atoms with Crippen LogP contribution in [-0.2, 0) is 16.1 Å². The maximum atomic E-state index is 12.6. The van der Waals surface area contributed by atoms with Gasteiger partial charge in [0, 0.05) is 26.0 Å². The lowest BCUT2D eigenvalue weighted by Crippen LogP contribution is -2.31. The van der Waals surface area contributed by atoms with Crippen molar-refractivity contribution in [3.8, 4) is 12.0 Å². The normalized spacial score (nSPS) is 10.4. The molecule has 0 aliphatic rings. The maximum absolute atomic E-state index is 12.6. The molecule has 7 heteroatoms. The van der Waals surface area contributed by atoms with Crippen LogP contribution in [-0.4, -0.2) is 35.0 Å². The number of ether oxygens (including phenoxy) is 1. The van der Waals surface area contributed by atoms with E-state index in [-0.39, 0.29) is 28.7 Å². The first-order valence-corrected chi connectivity index (χ1v) is 9.04. The second-order valence-electron chi connectivity index (χ2n) is 6.67. The average Bonchev–Trinajstić information content (AvgIpc) is 3.34. The Morgan fingerprint density at radius 1 is 1.17 bits per heavy atom. The van der Waals surface area contributed by atoms with Crippen molar-refractivity contribution in [1.82, 2.24) is 9.47 Å². The highest BCUT2D eigenvalue weighted by molar-refractivity contribution is 5.95. The molecule has 0 saturated carbocycles. The molecule has 29 heavy (non-hydrogen) atoms. The van der Waals surface area contributed by atoms with Crippen molar-refractivity contribution in [3.63, 3.8) is 0 Å². The molecule has 7 nitrogen and oxygen atoms in total. The summed E-state index contributed by atoms with van der Waals surface area (Å²) in [5.74, 6) is -0.605. The van der Waals surface area contributed by atoms with E-state index in [1.807, 2.05) is 37.3 Å². The Hall–Kier alpha value is -3.79. The van der Waals surface area contributed by atoms with E-state index in [4.69, 9.17) is 9.15 Å². The third-order valence-corrected chi connectivity index (χ3v) is 4.64. The molecule has 0 aliphatic heterocycles. The van der Waals surface area contributed by atoms with Crippen molar-refractivity contribution in [3.05, 3.63) is 76.8 Å². The van der Waals surface area contributed by atoms with Crippen molar-refractivity contribution in [2.75, 3.05) is 13.7 Å². The summed E-state index contributed by atoms with van der Waals surface area (Å²) in [5.41, 5.74) is 2.20. The zero-order chi connectivity index (χ0) is 21.0. The smallest absolute Gasteiger partial charge is 0.343 e. The molecule has 0 bridgehead atoms. The zero-order valence-corrected chi connectivity index (χ0v) is 16.5. The standard InChI is InChI=1S/C22H21N3O4/c1-15-8-4-5-9-17(15)13-24(3)19(26)14-28-22(27)20-16(2)29-21(18(20)12-23)25-10-6-7-11-25/h4-11H,13-14H2,1-3H3. The monoisotopic (exact) mass is 391 g/mol. The number of esters is 1. The third kappa shape index (κ3) is 4.22. The molecule has 148 valence electrons. The minimum absolute atomic E-state index is 0.0329. The number of amides is 1. The molecule has 3 aromatic rings. The van der Waals surface area contributed by atoms with Crippen LogP contribution in [0.4, 0.5) is 0 Å². The number of furan rings is 1. The van der Waals surface area contributed by atoms with Gasteiger partial charge >= 0.3 is 5.97 Å². The first-order chi connectivity index (χ1) is 13.9. The maximum Gasteiger partial charge on any atom is 0.343 e. The molecule has 0 aliphatic carbocycles. The largest absolute Gasteiger partial charge is 0.452 e. The minimum Gasteiger partial charge on any atom is -0.452 e. The van der Waals surface area contributed by atoms with E-state index in [0.717, 1.165) is 11.1 Å². The number of hydrogen-bond donors (Lipinski definition) is 0. The molecule has 3 rings (SSSR count). The van der Waals surface area contributed by atoms with Crippen molar-refractivity contribution in [2.45, 2.75) is 20.4 Å². The van der Waals surface area contributed by atoms with Gasteiger partial charge in [-0.3, -0.25) is 9.36 Å². The molecule has 1 aromatic carbocycles. The Balaban J connectivity index is 1.69. The summed E-state index contributed by atoms with van der Waals surface area (Å²) in [6, 6.07) is 13.3. The molecule has 1 amide bonds. The summed E-state index contributed by atoms with van der Waals surface area (Å²) < 4.78 is 12.4. The predicted octanol–water partition coefficient (Wildman–Crippen LogP) is 3.37. The Morgan fingerprint density at radius 3 is 2.52 bits per heavy atom. The summed E-state index contributed by atoms with van der Waals surface area (Å²) in [4.78, 5) is 26.4.